The molecule has 0 fully saturated rings. The number of aromatic nitrogens is 4. The van der Waals surface area contributed by atoms with Gasteiger partial charge in [0.25, 0.3) is 5.56 Å². The van der Waals surface area contributed by atoms with Crippen LogP contribution in [0.25, 0.3) is 11.0 Å². The van der Waals surface area contributed by atoms with Crippen LogP contribution in [0.1, 0.15) is 23.6 Å². The minimum atomic E-state index is -0.175. The molecule has 0 spiro atoms. The first kappa shape index (κ1) is 22.8. The highest BCUT2D eigenvalue weighted by Gasteiger charge is 2.16. The number of benzene rings is 2. The Hall–Kier alpha value is -3.39. The number of fused-ring (bicyclic) bond motifs is 1. The highest BCUT2D eigenvalue weighted by atomic mass is 32.2. The number of hydrogen-bond acceptors (Lipinski definition) is 5. The zero-order chi connectivity index (χ0) is 23.2. The number of hydrogen-bond donors (Lipinski definition) is 1. The van der Waals surface area contributed by atoms with Crippen LogP contribution in [0.4, 0.5) is 0 Å². The van der Waals surface area contributed by atoms with Crippen LogP contribution < -0.4 is 10.9 Å². The lowest BCUT2D eigenvalue weighted by Crippen LogP contribution is -2.27. The van der Waals surface area contributed by atoms with E-state index in [0.29, 0.717) is 42.2 Å². The van der Waals surface area contributed by atoms with Crippen molar-refractivity contribution in [3.63, 3.8) is 0 Å². The second kappa shape index (κ2) is 10.5. The summed E-state index contributed by atoms with van der Waals surface area (Å²) in [5.74, 6) is 0.0747. The third kappa shape index (κ3) is 5.70. The predicted molar refractivity (Wildman–Crippen MR) is 131 cm³/mol. The van der Waals surface area contributed by atoms with E-state index in [0.717, 1.165) is 11.1 Å². The molecule has 170 valence electrons. The molecule has 1 N–H and O–H groups in total. The van der Waals surface area contributed by atoms with Gasteiger partial charge in [0, 0.05) is 19.6 Å². The first-order chi connectivity index (χ1) is 16.0. The molecule has 0 unspecified atom stereocenters. The van der Waals surface area contributed by atoms with Gasteiger partial charge >= 0.3 is 0 Å². The molecule has 0 radical (unpaired) electrons. The fourth-order valence-corrected chi connectivity index (χ4v) is 4.32. The molecule has 0 bridgehead atoms. The molecule has 2 aromatic heterocycles. The van der Waals surface area contributed by atoms with Gasteiger partial charge in [0.15, 0.2) is 10.7 Å². The molecule has 0 aliphatic rings. The van der Waals surface area contributed by atoms with E-state index in [1.54, 1.807) is 15.4 Å². The Morgan fingerprint density at radius 2 is 1.82 bits per heavy atom. The van der Waals surface area contributed by atoms with E-state index in [-0.39, 0.29) is 17.2 Å². The molecule has 2 heterocycles. The van der Waals surface area contributed by atoms with Crippen molar-refractivity contribution in [3.05, 3.63) is 87.8 Å². The topological polar surface area (TPSA) is 81.8 Å². The lowest BCUT2D eigenvalue weighted by atomic mass is 10.1. The number of amides is 1. The predicted octanol–water partition coefficient (Wildman–Crippen LogP) is 3.57. The van der Waals surface area contributed by atoms with Crippen molar-refractivity contribution >= 4 is 28.7 Å². The molecule has 2 aromatic carbocycles. The van der Waals surface area contributed by atoms with Crippen LogP contribution in [0.2, 0.25) is 0 Å². The van der Waals surface area contributed by atoms with Crippen molar-refractivity contribution in [3.8, 4) is 0 Å². The largest absolute Gasteiger partial charge is 0.351 e. The quantitative estimate of drug-likeness (QED) is 0.304. The molecular formula is C25H27N5O2S. The number of thioether (sulfide) groups is 1. The van der Waals surface area contributed by atoms with Crippen LogP contribution in [0.5, 0.6) is 0 Å². The number of nitrogens with zero attached hydrogens (tertiary/aromatic N) is 4. The Kier molecular flexibility index (Phi) is 7.24. The third-order valence-electron chi connectivity index (χ3n) is 5.37. The first-order valence-corrected chi connectivity index (χ1v) is 12.0. The van der Waals surface area contributed by atoms with Crippen LogP contribution in [-0.4, -0.2) is 31.0 Å². The van der Waals surface area contributed by atoms with E-state index >= 15 is 0 Å². The van der Waals surface area contributed by atoms with E-state index in [1.807, 2.05) is 68.4 Å². The SMILES string of the molecule is CCn1cc2nc(SCC(=O)NCc3ccc(C)cc3)n(CCc3ccccc3)c(=O)c2n1. The molecular weight excluding hydrogens is 434 g/mol. The van der Waals surface area contributed by atoms with Crippen molar-refractivity contribution in [1.29, 1.82) is 0 Å². The van der Waals surface area contributed by atoms with Gasteiger partial charge in [-0.25, -0.2) is 4.98 Å². The zero-order valence-electron chi connectivity index (χ0n) is 18.8. The van der Waals surface area contributed by atoms with E-state index in [9.17, 15) is 9.59 Å². The summed E-state index contributed by atoms with van der Waals surface area (Å²) in [6, 6.07) is 18.1. The normalized spacial score (nSPS) is 11.1. The standard InChI is InChI=1S/C25H27N5O2S/c1-3-29-16-21-23(28-29)24(32)30(14-13-19-7-5-4-6-8-19)25(27-21)33-17-22(31)26-15-20-11-9-18(2)10-12-20/h4-12,16H,3,13-15,17H2,1-2H3,(H,26,31). The van der Waals surface area contributed by atoms with Crippen LogP contribution >= 0.6 is 11.8 Å². The number of carbonyl (C=O) groups excluding carboxylic acids is 1. The fourth-order valence-electron chi connectivity index (χ4n) is 3.47. The Bertz CT molecular complexity index is 1300. The molecule has 4 rings (SSSR count). The second-order valence-electron chi connectivity index (χ2n) is 7.86. The first-order valence-electron chi connectivity index (χ1n) is 11.0. The average Bonchev–Trinajstić information content (AvgIpc) is 3.26. The molecule has 0 aliphatic carbocycles. The highest BCUT2D eigenvalue weighted by Crippen LogP contribution is 2.18. The average molecular weight is 462 g/mol. The number of rotatable bonds is 9. The maximum absolute atomic E-state index is 13.2. The van der Waals surface area contributed by atoms with Gasteiger partial charge in [0.2, 0.25) is 5.91 Å². The summed E-state index contributed by atoms with van der Waals surface area (Å²) in [5.41, 5.74) is 4.10. The fraction of sp³-hybridized carbons (Fsp3) is 0.280. The summed E-state index contributed by atoms with van der Waals surface area (Å²) in [6.45, 7) is 5.59. The van der Waals surface area contributed by atoms with Crippen molar-refractivity contribution < 1.29 is 4.79 Å². The van der Waals surface area contributed by atoms with Crippen LogP contribution in [-0.2, 0) is 30.8 Å². The monoisotopic (exact) mass is 461 g/mol. The summed E-state index contributed by atoms with van der Waals surface area (Å²) < 4.78 is 3.35. The van der Waals surface area contributed by atoms with Gasteiger partial charge in [0.05, 0.1) is 11.9 Å². The molecule has 0 saturated carbocycles. The minimum Gasteiger partial charge on any atom is -0.351 e. The van der Waals surface area contributed by atoms with Crippen molar-refractivity contribution in [2.45, 2.75) is 45.1 Å². The van der Waals surface area contributed by atoms with E-state index in [1.165, 1.54) is 17.3 Å². The van der Waals surface area contributed by atoms with Crippen LogP contribution in [0, 0.1) is 6.92 Å². The minimum absolute atomic E-state index is 0.103. The summed E-state index contributed by atoms with van der Waals surface area (Å²) in [6.07, 6.45) is 2.47. The van der Waals surface area contributed by atoms with Gasteiger partial charge in [-0.05, 0) is 31.4 Å². The van der Waals surface area contributed by atoms with Crippen LogP contribution in [0.15, 0.2) is 70.7 Å². The molecule has 0 saturated heterocycles. The van der Waals surface area contributed by atoms with Gasteiger partial charge in [-0.15, -0.1) is 0 Å². The number of nitrogens with one attached hydrogen (secondary N) is 1. The van der Waals surface area contributed by atoms with Gasteiger partial charge in [0.1, 0.15) is 5.52 Å². The number of aryl methyl sites for hydroxylation is 3. The Labute approximate surface area is 196 Å². The smallest absolute Gasteiger partial charge is 0.282 e. The lowest BCUT2D eigenvalue weighted by Gasteiger charge is -2.12. The Morgan fingerprint density at radius 1 is 1.06 bits per heavy atom. The zero-order valence-corrected chi connectivity index (χ0v) is 19.6. The number of carbonyl (C=O) groups is 1. The van der Waals surface area contributed by atoms with E-state index in [4.69, 9.17) is 0 Å². The Morgan fingerprint density at radius 3 is 2.55 bits per heavy atom. The van der Waals surface area contributed by atoms with Gasteiger partial charge < -0.3 is 5.32 Å². The molecule has 4 aromatic rings. The van der Waals surface area contributed by atoms with E-state index < -0.39 is 0 Å². The molecule has 33 heavy (non-hydrogen) atoms. The molecule has 8 heteroatoms. The van der Waals surface area contributed by atoms with Crippen molar-refractivity contribution in [2.75, 3.05) is 5.75 Å². The summed E-state index contributed by atoms with van der Waals surface area (Å²) in [7, 11) is 0. The Balaban J connectivity index is 1.50. The van der Waals surface area contributed by atoms with Crippen molar-refractivity contribution in [1.82, 2.24) is 24.6 Å². The van der Waals surface area contributed by atoms with Crippen molar-refractivity contribution in [2.24, 2.45) is 0 Å². The molecule has 1 amide bonds. The molecule has 0 atom stereocenters. The summed E-state index contributed by atoms with van der Waals surface area (Å²) in [4.78, 5) is 30.4. The third-order valence-corrected chi connectivity index (χ3v) is 6.35. The lowest BCUT2D eigenvalue weighted by molar-refractivity contribution is -0.118. The van der Waals surface area contributed by atoms with Gasteiger partial charge in [-0.1, -0.05) is 71.9 Å². The van der Waals surface area contributed by atoms with E-state index in [2.05, 4.69) is 15.4 Å². The second-order valence-corrected chi connectivity index (χ2v) is 8.80. The molecule has 0 aliphatic heterocycles. The summed E-state index contributed by atoms with van der Waals surface area (Å²) in [5, 5.41) is 7.86. The summed E-state index contributed by atoms with van der Waals surface area (Å²) >= 11 is 1.28. The van der Waals surface area contributed by atoms with Gasteiger partial charge in [-0.3, -0.25) is 18.8 Å². The highest BCUT2D eigenvalue weighted by molar-refractivity contribution is 7.99. The van der Waals surface area contributed by atoms with Gasteiger partial charge in [-0.2, -0.15) is 5.10 Å². The molecule has 7 nitrogen and oxygen atoms in total. The van der Waals surface area contributed by atoms with Crippen LogP contribution in [0.3, 0.4) is 0 Å². The maximum atomic E-state index is 13.2. The maximum Gasteiger partial charge on any atom is 0.282 e.